The van der Waals surface area contributed by atoms with Crippen LogP contribution in [0.5, 0.6) is 0 Å². The fourth-order valence-corrected chi connectivity index (χ4v) is 4.78. The van der Waals surface area contributed by atoms with Gasteiger partial charge in [-0.2, -0.15) is 0 Å². The summed E-state index contributed by atoms with van der Waals surface area (Å²) >= 11 is 0. The Balaban J connectivity index is 1.33. The number of anilines is 3. The lowest BCUT2D eigenvalue weighted by atomic mass is 10.1. The number of hydrogen-bond acceptors (Lipinski definition) is 4. The summed E-state index contributed by atoms with van der Waals surface area (Å²) in [6.07, 6.45) is 2.72. The third-order valence-electron chi connectivity index (χ3n) is 6.66. The molecule has 1 unspecified atom stereocenters. The van der Waals surface area contributed by atoms with E-state index in [-0.39, 0.29) is 11.9 Å². The van der Waals surface area contributed by atoms with Gasteiger partial charge in [-0.1, -0.05) is 30.3 Å². The molecule has 5 heteroatoms. The topological polar surface area (TPSA) is 30.0 Å². The van der Waals surface area contributed by atoms with Crippen molar-refractivity contribution in [3.63, 3.8) is 0 Å². The number of nitrogens with zero attached hydrogens (tertiary/aromatic N) is 4. The second-order valence-corrected chi connectivity index (χ2v) is 8.44. The van der Waals surface area contributed by atoms with Gasteiger partial charge in [-0.05, 0) is 44.0 Å². The molecule has 0 N–H and O–H groups in total. The smallest absolute Gasteiger partial charge is 0.244 e. The molecule has 1 saturated carbocycles. The molecule has 0 aromatic heterocycles. The number of carbonyl (C=O) groups is 1. The van der Waals surface area contributed by atoms with Gasteiger partial charge in [0.15, 0.2) is 0 Å². The van der Waals surface area contributed by atoms with E-state index in [1.54, 1.807) is 0 Å². The molecule has 29 heavy (non-hydrogen) atoms. The highest BCUT2D eigenvalue weighted by Crippen LogP contribution is 2.38. The van der Waals surface area contributed by atoms with E-state index < -0.39 is 0 Å². The molecule has 2 heterocycles. The molecule has 1 amide bonds. The van der Waals surface area contributed by atoms with E-state index in [2.05, 4.69) is 64.1 Å². The van der Waals surface area contributed by atoms with E-state index in [4.69, 9.17) is 0 Å². The van der Waals surface area contributed by atoms with E-state index in [0.717, 1.165) is 56.7 Å². The van der Waals surface area contributed by atoms with Crippen molar-refractivity contribution in [3.8, 4) is 0 Å². The molecular weight excluding hydrogens is 360 g/mol. The first-order chi connectivity index (χ1) is 14.2. The van der Waals surface area contributed by atoms with Crippen LogP contribution in [0.2, 0.25) is 0 Å². The minimum Gasteiger partial charge on any atom is -0.338 e. The van der Waals surface area contributed by atoms with E-state index in [1.807, 2.05) is 17.0 Å². The number of carbonyl (C=O) groups excluding carboxylic acids is 1. The van der Waals surface area contributed by atoms with Gasteiger partial charge in [-0.15, -0.1) is 0 Å². The highest BCUT2D eigenvalue weighted by molar-refractivity contribution is 6.01. The van der Waals surface area contributed by atoms with E-state index >= 15 is 0 Å². The predicted molar refractivity (Wildman–Crippen MR) is 118 cm³/mol. The molecule has 3 aliphatic rings. The summed E-state index contributed by atoms with van der Waals surface area (Å²) in [6, 6.07) is 19.5. The first kappa shape index (κ1) is 18.6. The molecule has 1 saturated heterocycles. The Bertz CT molecular complexity index is 858. The molecule has 1 aliphatic carbocycles. The summed E-state index contributed by atoms with van der Waals surface area (Å²) in [7, 11) is 0. The van der Waals surface area contributed by atoms with Crippen molar-refractivity contribution in [3.05, 3.63) is 54.6 Å². The average molecular weight is 391 g/mol. The molecule has 1 atom stereocenters. The van der Waals surface area contributed by atoms with Crippen LogP contribution in [-0.4, -0.2) is 67.1 Å². The summed E-state index contributed by atoms with van der Waals surface area (Å²) in [4.78, 5) is 22.8. The minimum absolute atomic E-state index is 0.0762. The van der Waals surface area contributed by atoms with Crippen LogP contribution >= 0.6 is 0 Å². The van der Waals surface area contributed by atoms with E-state index in [1.165, 1.54) is 18.5 Å². The Morgan fingerprint density at radius 1 is 0.828 bits per heavy atom. The quantitative estimate of drug-likeness (QED) is 0.801. The summed E-state index contributed by atoms with van der Waals surface area (Å²) in [5.74, 6) is 0.227. The Hall–Kier alpha value is -2.37. The van der Waals surface area contributed by atoms with Crippen LogP contribution in [0.3, 0.4) is 0 Å². The van der Waals surface area contributed by atoms with Gasteiger partial charge in [0, 0.05) is 51.0 Å². The largest absolute Gasteiger partial charge is 0.338 e. The second-order valence-electron chi connectivity index (χ2n) is 8.44. The zero-order valence-electron chi connectivity index (χ0n) is 17.2. The monoisotopic (exact) mass is 390 g/mol. The molecule has 5 nitrogen and oxygen atoms in total. The maximum atomic E-state index is 13.5. The highest BCUT2D eigenvalue weighted by atomic mass is 16.2. The summed E-state index contributed by atoms with van der Waals surface area (Å²) in [5.41, 5.74) is 3.32. The molecule has 5 rings (SSSR count). The zero-order chi connectivity index (χ0) is 19.8. The molecule has 2 fully saturated rings. The third-order valence-corrected chi connectivity index (χ3v) is 6.66. The van der Waals surface area contributed by atoms with Gasteiger partial charge in [0.05, 0.1) is 17.4 Å². The van der Waals surface area contributed by atoms with Crippen molar-refractivity contribution < 1.29 is 4.79 Å². The van der Waals surface area contributed by atoms with Crippen molar-refractivity contribution >= 4 is 23.0 Å². The molecule has 2 aliphatic heterocycles. The van der Waals surface area contributed by atoms with Gasteiger partial charge in [0.25, 0.3) is 0 Å². The fraction of sp³-hybridized carbons (Fsp3) is 0.458. The van der Waals surface area contributed by atoms with Gasteiger partial charge < -0.3 is 9.80 Å². The third kappa shape index (κ3) is 3.65. The standard InChI is InChI=1S/C24H30N4O/c1-19(25-13-15-26(16-14-25)20-11-12-20)24(29)28-18-17-27(21-7-3-2-4-8-21)22-9-5-6-10-23(22)28/h2-10,19-20H,11-18H2,1H3. The predicted octanol–water partition coefficient (Wildman–Crippen LogP) is 3.34. The van der Waals surface area contributed by atoms with Crippen LogP contribution in [-0.2, 0) is 4.79 Å². The molecule has 0 radical (unpaired) electrons. The number of piperazine rings is 1. The highest BCUT2D eigenvalue weighted by Gasteiger charge is 2.36. The van der Waals surface area contributed by atoms with Crippen LogP contribution in [0, 0.1) is 0 Å². The van der Waals surface area contributed by atoms with Crippen LogP contribution in [0.4, 0.5) is 17.1 Å². The first-order valence-electron chi connectivity index (χ1n) is 10.9. The normalized spacial score (nSPS) is 21.7. The number of fused-ring (bicyclic) bond motifs is 1. The number of para-hydroxylation sites is 3. The molecule has 152 valence electrons. The van der Waals surface area contributed by atoms with Gasteiger partial charge >= 0.3 is 0 Å². The summed E-state index contributed by atoms with van der Waals surface area (Å²) in [6.45, 7) is 7.80. The lowest BCUT2D eigenvalue weighted by Gasteiger charge is -2.42. The lowest BCUT2D eigenvalue weighted by Crippen LogP contribution is -2.56. The van der Waals surface area contributed by atoms with E-state index in [0.29, 0.717) is 0 Å². The second kappa shape index (κ2) is 7.81. The number of rotatable bonds is 4. The van der Waals surface area contributed by atoms with Crippen molar-refractivity contribution in [1.29, 1.82) is 0 Å². The molecule has 0 spiro atoms. The van der Waals surface area contributed by atoms with Crippen LogP contribution in [0.1, 0.15) is 19.8 Å². The van der Waals surface area contributed by atoms with Crippen LogP contribution in [0.25, 0.3) is 0 Å². The Labute approximate surface area is 173 Å². The lowest BCUT2D eigenvalue weighted by molar-refractivity contribution is -0.124. The average Bonchev–Trinajstić information content (AvgIpc) is 3.64. The zero-order valence-corrected chi connectivity index (χ0v) is 17.2. The van der Waals surface area contributed by atoms with Crippen molar-refractivity contribution in [2.24, 2.45) is 0 Å². The van der Waals surface area contributed by atoms with Crippen molar-refractivity contribution in [2.75, 3.05) is 49.1 Å². The molecule has 2 aromatic carbocycles. The van der Waals surface area contributed by atoms with Crippen LogP contribution in [0.15, 0.2) is 54.6 Å². The molecule has 2 aromatic rings. The van der Waals surface area contributed by atoms with Gasteiger partial charge in [0.2, 0.25) is 5.91 Å². The summed E-state index contributed by atoms with van der Waals surface area (Å²) < 4.78 is 0. The number of hydrogen-bond donors (Lipinski definition) is 0. The van der Waals surface area contributed by atoms with Crippen LogP contribution < -0.4 is 9.80 Å². The Morgan fingerprint density at radius 3 is 2.17 bits per heavy atom. The first-order valence-corrected chi connectivity index (χ1v) is 10.9. The SMILES string of the molecule is CC(C(=O)N1CCN(c2ccccc2)c2ccccc21)N1CCN(C2CC2)CC1. The summed E-state index contributed by atoms with van der Waals surface area (Å²) in [5, 5.41) is 0. The van der Waals surface area contributed by atoms with Gasteiger partial charge in [-0.3, -0.25) is 14.6 Å². The number of amides is 1. The van der Waals surface area contributed by atoms with Gasteiger partial charge in [-0.25, -0.2) is 0 Å². The Morgan fingerprint density at radius 2 is 1.48 bits per heavy atom. The van der Waals surface area contributed by atoms with Gasteiger partial charge in [0.1, 0.15) is 0 Å². The van der Waals surface area contributed by atoms with E-state index in [9.17, 15) is 4.79 Å². The fourth-order valence-electron chi connectivity index (χ4n) is 4.78. The molecule has 0 bridgehead atoms. The molecular formula is C24H30N4O. The minimum atomic E-state index is -0.0762. The van der Waals surface area contributed by atoms with Crippen molar-refractivity contribution in [1.82, 2.24) is 9.80 Å². The number of benzene rings is 2. The maximum absolute atomic E-state index is 13.5. The maximum Gasteiger partial charge on any atom is 0.244 e. The van der Waals surface area contributed by atoms with Crippen molar-refractivity contribution in [2.45, 2.75) is 31.8 Å². The Kier molecular flexibility index (Phi) is 5.02.